The quantitative estimate of drug-likeness (QED) is 0.735. The fourth-order valence-electron chi connectivity index (χ4n) is 3.97. The van der Waals surface area contributed by atoms with Crippen LogP contribution in [0.1, 0.15) is 53.4 Å². The highest BCUT2D eigenvalue weighted by atomic mass is 19.3. The highest BCUT2D eigenvalue weighted by Gasteiger charge is 2.38. The molecule has 4 heteroatoms. The molecule has 0 N–H and O–H groups in total. The Morgan fingerprint density at radius 2 is 1.52 bits per heavy atom. The molecule has 2 rings (SSSR count). The molecule has 1 heterocycles. The molecular formula is C17H32F2N2. The molecule has 1 aliphatic heterocycles. The highest BCUT2D eigenvalue weighted by molar-refractivity contribution is 4.94. The van der Waals surface area contributed by atoms with Crippen LogP contribution in [0.15, 0.2) is 0 Å². The average Bonchev–Trinajstić information content (AvgIpc) is 2.35. The Labute approximate surface area is 128 Å². The lowest BCUT2D eigenvalue weighted by Gasteiger charge is -2.51. The van der Waals surface area contributed by atoms with Gasteiger partial charge in [-0.25, -0.2) is 8.78 Å². The molecule has 0 radical (unpaired) electrons. The molecule has 0 aromatic rings. The fraction of sp³-hybridized carbons (Fsp3) is 1.00. The Bertz CT molecular complexity index is 306. The first-order valence-electron chi connectivity index (χ1n) is 8.66. The Morgan fingerprint density at radius 1 is 0.952 bits per heavy atom. The number of hydrogen-bond acceptors (Lipinski definition) is 2. The van der Waals surface area contributed by atoms with E-state index >= 15 is 0 Å². The minimum absolute atomic E-state index is 0.0341. The van der Waals surface area contributed by atoms with Crippen LogP contribution in [0, 0.1) is 11.8 Å². The summed E-state index contributed by atoms with van der Waals surface area (Å²) in [6.45, 7) is 10.8. The van der Waals surface area contributed by atoms with E-state index in [1.807, 2.05) is 0 Å². The van der Waals surface area contributed by atoms with Gasteiger partial charge < -0.3 is 0 Å². The second kappa shape index (κ2) is 7.36. The lowest BCUT2D eigenvalue weighted by atomic mass is 9.78. The van der Waals surface area contributed by atoms with E-state index < -0.39 is 6.43 Å². The van der Waals surface area contributed by atoms with Crippen molar-refractivity contribution in [3.05, 3.63) is 0 Å². The van der Waals surface area contributed by atoms with Gasteiger partial charge in [-0.15, -0.1) is 0 Å². The van der Waals surface area contributed by atoms with Gasteiger partial charge in [-0.2, -0.15) is 0 Å². The van der Waals surface area contributed by atoms with Crippen LogP contribution in [0.25, 0.3) is 0 Å². The third-order valence-corrected chi connectivity index (χ3v) is 5.59. The van der Waals surface area contributed by atoms with Gasteiger partial charge in [0.05, 0.1) is 6.54 Å². The molecule has 0 amide bonds. The van der Waals surface area contributed by atoms with Crippen molar-refractivity contribution < 1.29 is 8.78 Å². The summed E-state index contributed by atoms with van der Waals surface area (Å²) in [5.74, 6) is 1.53. The molecule has 1 aliphatic carbocycles. The summed E-state index contributed by atoms with van der Waals surface area (Å²) in [6.07, 6.45) is 2.42. The maximum atomic E-state index is 13.0. The number of nitrogens with zero attached hydrogens (tertiary/aromatic N) is 2. The molecular weight excluding hydrogens is 270 g/mol. The zero-order valence-corrected chi connectivity index (χ0v) is 14.1. The normalized spacial score (nSPS) is 28.9. The predicted molar refractivity (Wildman–Crippen MR) is 83.8 cm³/mol. The first kappa shape index (κ1) is 17.1. The van der Waals surface area contributed by atoms with Crippen molar-refractivity contribution >= 4 is 0 Å². The molecule has 0 atom stereocenters. The molecule has 124 valence electrons. The number of likely N-dealkylation sites (tertiary alicyclic amines) is 1. The van der Waals surface area contributed by atoms with Crippen LogP contribution in [-0.2, 0) is 0 Å². The minimum Gasteiger partial charge on any atom is -0.298 e. The van der Waals surface area contributed by atoms with Gasteiger partial charge in [-0.3, -0.25) is 9.80 Å². The summed E-state index contributed by atoms with van der Waals surface area (Å²) in [6, 6.07) is 1.27. The van der Waals surface area contributed by atoms with Gasteiger partial charge in [-0.1, -0.05) is 13.8 Å². The summed E-state index contributed by atoms with van der Waals surface area (Å²) in [5, 5.41) is 0. The number of halogens is 2. The summed E-state index contributed by atoms with van der Waals surface area (Å²) in [4.78, 5) is 4.52. The van der Waals surface area contributed by atoms with Gasteiger partial charge in [0.15, 0.2) is 0 Å². The summed E-state index contributed by atoms with van der Waals surface area (Å²) in [5.41, 5.74) is 0. The molecule has 1 saturated carbocycles. The topological polar surface area (TPSA) is 6.48 Å². The van der Waals surface area contributed by atoms with E-state index in [4.69, 9.17) is 0 Å². The van der Waals surface area contributed by atoms with Crippen LogP contribution in [0.5, 0.6) is 0 Å². The van der Waals surface area contributed by atoms with Crippen molar-refractivity contribution in [3.63, 3.8) is 0 Å². The third kappa shape index (κ3) is 4.38. The van der Waals surface area contributed by atoms with Gasteiger partial charge in [0, 0.05) is 31.2 Å². The molecule has 0 bridgehead atoms. The maximum absolute atomic E-state index is 13.0. The van der Waals surface area contributed by atoms with E-state index in [0.717, 1.165) is 37.8 Å². The van der Waals surface area contributed by atoms with Gasteiger partial charge in [0.25, 0.3) is 6.43 Å². The van der Waals surface area contributed by atoms with Crippen molar-refractivity contribution in [2.75, 3.05) is 19.6 Å². The first-order valence-corrected chi connectivity index (χ1v) is 8.66. The molecule has 2 aliphatic rings. The van der Waals surface area contributed by atoms with Gasteiger partial charge in [0.1, 0.15) is 0 Å². The maximum Gasteiger partial charge on any atom is 0.251 e. The summed E-state index contributed by atoms with van der Waals surface area (Å²) >= 11 is 0. The molecule has 0 aromatic carbocycles. The van der Waals surface area contributed by atoms with Crippen LogP contribution in [0.4, 0.5) is 8.78 Å². The molecule has 1 saturated heterocycles. The highest BCUT2D eigenvalue weighted by Crippen LogP contribution is 2.34. The van der Waals surface area contributed by atoms with Crippen LogP contribution in [0.3, 0.4) is 0 Å². The Balaban J connectivity index is 1.89. The predicted octanol–water partition coefficient (Wildman–Crippen LogP) is 3.86. The van der Waals surface area contributed by atoms with Crippen molar-refractivity contribution in [1.29, 1.82) is 0 Å². The van der Waals surface area contributed by atoms with Gasteiger partial charge >= 0.3 is 0 Å². The summed E-state index contributed by atoms with van der Waals surface area (Å²) < 4.78 is 25.9. The summed E-state index contributed by atoms with van der Waals surface area (Å²) in [7, 11) is 0. The molecule has 21 heavy (non-hydrogen) atoms. The molecule has 0 unspecified atom stereocenters. The first-order chi connectivity index (χ1) is 9.88. The standard InChI is InChI=1S/C17H32F2N2/c1-12(2)14-5-7-15(8-6-14)21(11-17(18)19)16-9-20(10-16)13(3)4/h12-17H,5-11H2,1-4H3. The largest absolute Gasteiger partial charge is 0.298 e. The smallest absolute Gasteiger partial charge is 0.251 e. The van der Waals surface area contributed by atoms with Crippen molar-refractivity contribution in [1.82, 2.24) is 9.80 Å². The van der Waals surface area contributed by atoms with Crippen LogP contribution >= 0.6 is 0 Å². The Morgan fingerprint density at radius 3 is 1.95 bits per heavy atom. The lowest BCUT2D eigenvalue weighted by Crippen LogP contribution is -2.64. The number of alkyl halides is 2. The van der Waals surface area contributed by atoms with Gasteiger partial charge in [0.2, 0.25) is 0 Å². The Hall–Kier alpha value is -0.220. The lowest BCUT2D eigenvalue weighted by molar-refractivity contribution is -0.0472. The van der Waals surface area contributed by atoms with Crippen LogP contribution < -0.4 is 0 Å². The van der Waals surface area contributed by atoms with E-state index in [0.29, 0.717) is 18.1 Å². The molecule has 2 nitrogen and oxygen atoms in total. The number of hydrogen-bond donors (Lipinski definition) is 0. The van der Waals surface area contributed by atoms with E-state index in [1.54, 1.807) is 0 Å². The van der Waals surface area contributed by atoms with Gasteiger partial charge in [-0.05, 0) is 51.4 Å². The van der Waals surface area contributed by atoms with E-state index in [1.165, 1.54) is 12.8 Å². The SMILES string of the molecule is CC(C)C1CCC(N(CC(F)F)C2CN(C(C)C)C2)CC1. The molecule has 0 aromatic heterocycles. The van der Waals surface area contributed by atoms with E-state index in [2.05, 4.69) is 37.5 Å². The third-order valence-electron chi connectivity index (χ3n) is 5.59. The molecule has 0 spiro atoms. The fourth-order valence-corrected chi connectivity index (χ4v) is 3.97. The Kier molecular flexibility index (Phi) is 6.01. The second-order valence-corrected chi connectivity index (χ2v) is 7.60. The number of rotatable bonds is 6. The average molecular weight is 302 g/mol. The van der Waals surface area contributed by atoms with Crippen molar-refractivity contribution in [2.45, 2.75) is 77.9 Å². The van der Waals surface area contributed by atoms with E-state index in [9.17, 15) is 8.78 Å². The second-order valence-electron chi connectivity index (χ2n) is 7.60. The zero-order valence-electron chi connectivity index (χ0n) is 14.1. The monoisotopic (exact) mass is 302 g/mol. The van der Waals surface area contributed by atoms with Crippen molar-refractivity contribution in [3.8, 4) is 0 Å². The van der Waals surface area contributed by atoms with E-state index in [-0.39, 0.29) is 6.54 Å². The van der Waals surface area contributed by atoms with Crippen molar-refractivity contribution in [2.24, 2.45) is 11.8 Å². The zero-order chi connectivity index (χ0) is 15.6. The van der Waals surface area contributed by atoms with Crippen LogP contribution in [-0.4, -0.2) is 54.0 Å². The minimum atomic E-state index is -2.21. The van der Waals surface area contributed by atoms with Crippen LogP contribution in [0.2, 0.25) is 0 Å². The molecule has 2 fully saturated rings.